The fourth-order valence-corrected chi connectivity index (χ4v) is 2.43. The zero-order chi connectivity index (χ0) is 13.7. The van der Waals surface area contributed by atoms with Crippen molar-refractivity contribution in [2.75, 3.05) is 0 Å². The van der Waals surface area contributed by atoms with Gasteiger partial charge in [0.05, 0.1) is 0 Å². The molecule has 1 heteroatoms. The van der Waals surface area contributed by atoms with Crippen LogP contribution in [-0.2, 0) is 12.8 Å². The summed E-state index contributed by atoms with van der Waals surface area (Å²) in [6.45, 7) is 4.33. The molecule has 0 saturated carbocycles. The molecule has 1 atom stereocenters. The predicted octanol–water partition coefficient (Wildman–Crippen LogP) is 4.19. The Morgan fingerprint density at radius 2 is 1.74 bits per heavy atom. The van der Waals surface area contributed by atoms with Crippen LogP contribution in [0.3, 0.4) is 0 Å². The van der Waals surface area contributed by atoms with E-state index in [4.69, 9.17) is 5.73 Å². The van der Waals surface area contributed by atoms with Crippen molar-refractivity contribution in [2.24, 2.45) is 5.73 Å². The molecule has 100 valence electrons. The molecule has 2 aromatic rings. The van der Waals surface area contributed by atoms with Crippen molar-refractivity contribution in [3.63, 3.8) is 0 Å². The van der Waals surface area contributed by atoms with Crippen molar-refractivity contribution in [1.29, 1.82) is 0 Å². The zero-order valence-corrected chi connectivity index (χ0v) is 11.9. The van der Waals surface area contributed by atoms with Gasteiger partial charge in [0.15, 0.2) is 0 Å². The number of rotatable bonds is 5. The number of hydrogen-bond donors (Lipinski definition) is 1. The van der Waals surface area contributed by atoms with E-state index in [1.54, 1.807) is 0 Å². The Labute approximate surface area is 116 Å². The summed E-state index contributed by atoms with van der Waals surface area (Å²) in [6.07, 6.45) is 3.23. The van der Waals surface area contributed by atoms with Crippen LogP contribution in [0, 0.1) is 6.92 Å². The molecule has 0 saturated heterocycles. The van der Waals surface area contributed by atoms with Crippen LogP contribution < -0.4 is 5.73 Å². The van der Waals surface area contributed by atoms with Gasteiger partial charge in [0.25, 0.3) is 0 Å². The maximum atomic E-state index is 6.30. The van der Waals surface area contributed by atoms with Gasteiger partial charge in [-0.15, -0.1) is 0 Å². The molecule has 2 rings (SSSR count). The fourth-order valence-electron chi connectivity index (χ4n) is 2.43. The molecule has 0 bridgehead atoms. The van der Waals surface area contributed by atoms with E-state index in [2.05, 4.69) is 62.4 Å². The van der Waals surface area contributed by atoms with E-state index in [1.807, 2.05) is 0 Å². The van der Waals surface area contributed by atoms with E-state index in [9.17, 15) is 0 Å². The Bertz CT molecular complexity index is 513. The number of aryl methyl sites for hydroxylation is 2. The molecular formula is C18H23N. The second kappa shape index (κ2) is 6.53. The number of benzene rings is 2. The highest BCUT2D eigenvalue weighted by atomic mass is 14.6. The lowest BCUT2D eigenvalue weighted by molar-refractivity contribution is 0.720. The van der Waals surface area contributed by atoms with Crippen molar-refractivity contribution in [1.82, 2.24) is 0 Å². The van der Waals surface area contributed by atoms with Gasteiger partial charge in [0, 0.05) is 6.04 Å². The van der Waals surface area contributed by atoms with Gasteiger partial charge >= 0.3 is 0 Å². The summed E-state index contributed by atoms with van der Waals surface area (Å²) in [6, 6.07) is 17.4. The first kappa shape index (κ1) is 13.8. The molecule has 0 spiro atoms. The average Bonchev–Trinajstić information content (AvgIpc) is 2.40. The molecule has 1 nitrogen and oxygen atoms in total. The minimum atomic E-state index is 0.0810. The third-order valence-electron chi connectivity index (χ3n) is 3.48. The third kappa shape index (κ3) is 3.93. The molecule has 0 fully saturated rings. The van der Waals surface area contributed by atoms with Crippen molar-refractivity contribution in [3.8, 4) is 0 Å². The smallest absolute Gasteiger partial charge is 0.0335 e. The first-order valence-electron chi connectivity index (χ1n) is 7.09. The van der Waals surface area contributed by atoms with E-state index in [-0.39, 0.29) is 6.04 Å². The zero-order valence-electron chi connectivity index (χ0n) is 11.9. The lowest BCUT2D eigenvalue weighted by atomic mass is 9.97. The highest BCUT2D eigenvalue weighted by Gasteiger charge is 2.07. The quantitative estimate of drug-likeness (QED) is 0.849. The monoisotopic (exact) mass is 253 g/mol. The number of hydrogen-bond acceptors (Lipinski definition) is 1. The summed E-state index contributed by atoms with van der Waals surface area (Å²) < 4.78 is 0. The summed E-state index contributed by atoms with van der Waals surface area (Å²) in [5.74, 6) is 0. The Kier molecular flexibility index (Phi) is 4.75. The predicted molar refractivity (Wildman–Crippen MR) is 82.2 cm³/mol. The normalized spacial score (nSPS) is 12.4. The molecule has 0 amide bonds. The van der Waals surface area contributed by atoms with E-state index in [1.165, 1.54) is 28.7 Å². The maximum absolute atomic E-state index is 6.30. The third-order valence-corrected chi connectivity index (χ3v) is 3.48. The van der Waals surface area contributed by atoms with Crippen LogP contribution in [0.2, 0.25) is 0 Å². The molecule has 0 aromatic heterocycles. The molecule has 0 heterocycles. The van der Waals surface area contributed by atoms with Gasteiger partial charge in [-0.3, -0.25) is 0 Å². The Morgan fingerprint density at radius 3 is 2.37 bits per heavy atom. The van der Waals surface area contributed by atoms with Gasteiger partial charge in [0.1, 0.15) is 0 Å². The highest BCUT2D eigenvalue weighted by molar-refractivity contribution is 5.28. The minimum absolute atomic E-state index is 0.0810. The van der Waals surface area contributed by atoms with Crippen LogP contribution in [0.1, 0.15) is 41.6 Å². The number of nitrogens with two attached hydrogens (primary N) is 1. The van der Waals surface area contributed by atoms with E-state index in [0.717, 1.165) is 12.8 Å². The molecule has 2 N–H and O–H groups in total. The Morgan fingerprint density at radius 1 is 1.00 bits per heavy atom. The Hall–Kier alpha value is -1.60. The van der Waals surface area contributed by atoms with E-state index < -0.39 is 0 Å². The molecule has 1 unspecified atom stereocenters. The summed E-state index contributed by atoms with van der Waals surface area (Å²) in [5, 5.41) is 0. The van der Waals surface area contributed by atoms with Crippen LogP contribution in [-0.4, -0.2) is 0 Å². The average molecular weight is 253 g/mol. The molecule has 0 aliphatic carbocycles. The van der Waals surface area contributed by atoms with E-state index >= 15 is 0 Å². The second-order valence-electron chi connectivity index (χ2n) is 5.29. The summed E-state index contributed by atoms with van der Waals surface area (Å²) in [5.41, 5.74) is 11.5. The second-order valence-corrected chi connectivity index (χ2v) is 5.29. The maximum Gasteiger partial charge on any atom is 0.0335 e. The van der Waals surface area contributed by atoms with Crippen molar-refractivity contribution in [3.05, 3.63) is 70.8 Å². The highest BCUT2D eigenvalue weighted by Crippen LogP contribution is 2.18. The molecule has 19 heavy (non-hydrogen) atoms. The summed E-state index contributed by atoms with van der Waals surface area (Å²) in [7, 11) is 0. The summed E-state index contributed by atoms with van der Waals surface area (Å²) >= 11 is 0. The first-order chi connectivity index (χ1) is 9.19. The van der Waals surface area contributed by atoms with Gasteiger partial charge in [-0.25, -0.2) is 0 Å². The standard InChI is InChI=1S/C18H23N/c1-3-5-15-8-10-17(11-9-15)18(19)13-16-7-4-6-14(2)12-16/h4,6-12,18H,3,5,13,19H2,1-2H3. The van der Waals surface area contributed by atoms with Gasteiger partial charge in [-0.2, -0.15) is 0 Å². The van der Waals surface area contributed by atoms with Crippen LogP contribution in [0.15, 0.2) is 48.5 Å². The molecule has 0 aliphatic heterocycles. The SMILES string of the molecule is CCCc1ccc(C(N)Cc2cccc(C)c2)cc1. The summed E-state index contributed by atoms with van der Waals surface area (Å²) in [4.78, 5) is 0. The van der Waals surface area contributed by atoms with Crippen LogP contribution in [0.4, 0.5) is 0 Å². The molecular weight excluding hydrogens is 230 g/mol. The van der Waals surface area contributed by atoms with Crippen molar-refractivity contribution < 1.29 is 0 Å². The lowest BCUT2D eigenvalue weighted by Crippen LogP contribution is -2.13. The van der Waals surface area contributed by atoms with Gasteiger partial charge < -0.3 is 5.73 Å². The first-order valence-corrected chi connectivity index (χ1v) is 7.09. The van der Waals surface area contributed by atoms with Gasteiger partial charge in [-0.05, 0) is 36.5 Å². The Balaban J connectivity index is 2.05. The molecule has 2 aromatic carbocycles. The van der Waals surface area contributed by atoms with Crippen molar-refractivity contribution in [2.45, 2.75) is 39.2 Å². The van der Waals surface area contributed by atoms with Crippen LogP contribution in [0.5, 0.6) is 0 Å². The van der Waals surface area contributed by atoms with E-state index in [0.29, 0.717) is 0 Å². The van der Waals surface area contributed by atoms with Crippen LogP contribution in [0.25, 0.3) is 0 Å². The topological polar surface area (TPSA) is 26.0 Å². The fraction of sp³-hybridized carbons (Fsp3) is 0.333. The lowest BCUT2D eigenvalue weighted by Gasteiger charge is -2.13. The van der Waals surface area contributed by atoms with Gasteiger partial charge in [0.2, 0.25) is 0 Å². The minimum Gasteiger partial charge on any atom is -0.324 e. The van der Waals surface area contributed by atoms with Crippen molar-refractivity contribution >= 4 is 0 Å². The van der Waals surface area contributed by atoms with Gasteiger partial charge in [-0.1, -0.05) is 67.4 Å². The molecule has 0 radical (unpaired) electrons. The van der Waals surface area contributed by atoms with Crippen LogP contribution >= 0.6 is 0 Å². The molecule has 0 aliphatic rings. The largest absolute Gasteiger partial charge is 0.324 e.